The molecule has 162 valence electrons. The van der Waals surface area contributed by atoms with E-state index in [4.69, 9.17) is 18.9 Å². The Morgan fingerprint density at radius 2 is 1.50 bits per heavy atom. The fourth-order valence-electron chi connectivity index (χ4n) is 3.24. The molecule has 0 saturated carbocycles. The summed E-state index contributed by atoms with van der Waals surface area (Å²) in [6.45, 7) is 6.56. The molecule has 1 aromatic rings. The predicted molar refractivity (Wildman–Crippen MR) is 108 cm³/mol. The van der Waals surface area contributed by atoms with Crippen molar-refractivity contribution in [1.82, 2.24) is 5.32 Å². The quantitative estimate of drug-likeness (QED) is 0.509. The van der Waals surface area contributed by atoms with Crippen molar-refractivity contribution >= 4 is 17.9 Å². The summed E-state index contributed by atoms with van der Waals surface area (Å²) in [4.78, 5) is 37.1. The molecule has 8 heteroatoms. The molecule has 30 heavy (non-hydrogen) atoms. The molecule has 0 spiro atoms. The van der Waals surface area contributed by atoms with Gasteiger partial charge < -0.3 is 24.3 Å². The first-order chi connectivity index (χ1) is 14.3. The molecule has 1 unspecified atom stereocenters. The molecule has 1 aliphatic heterocycles. The Balaban J connectivity index is 2.67. The topological polar surface area (TPSA) is 100 Å². The molecule has 0 radical (unpaired) electrons. The van der Waals surface area contributed by atoms with E-state index in [0.29, 0.717) is 22.7 Å². The Bertz CT molecular complexity index is 868. The van der Waals surface area contributed by atoms with E-state index in [0.717, 1.165) is 0 Å². The third-order valence-corrected chi connectivity index (χ3v) is 4.50. The number of esters is 3. The van der Waals surface area contributed by atoms with E-state index >= 15 is 0 Å². The standard InChI is InChI=1S/C22H27NO7/c1-6-28-21(25)18-13(3)23-17(12-30-14(4)24)20(22(26)29-7-2)19(18)15-8-10-16(27-5)11-9-15/h8-11,19,23H,6-7,12H2,1-5H3. The van der Waals surface area contributed by atoms with Crippen molar-refractivity contribution in [3.8, 4) is 5.75 Å². The Labute approximate surface area is 175 Å². The van der Waals surface area contributed by atoms with Gasteiger partial charge in [0.15, 0.2) is 0 Å². The number of carbonyl (C=O) groups excluding carboxylic acids is 3. The van der Waals surface area contributed by atoms with Gasteiger partial charge >= 0.3 is 17.9 Å². The minimum absolute atomic E-state index is 0.149. The highest BCUT2D eigenvalue weighted by Gasteiger charge is 2.39. The maximum atomic E-state index is 12.9. The van der Waals surface area contributed by atoms with Crippen molar-refractivity contribution in [2.24, 2.45) is 0 Å². The molecule has 0 saturated heterocycles. The maximum Gasteiger partial charge on any atom is 0.336 e. The monoisotopic (exact) mass is 417 g/mol. The van der Waals surface area contributed by atoms with Crippen molar-refractivity contribution in [2.45, 2.75) is 33.6 Å². The van der Waals surface area contributed by atoms with Gasteiger partial charge in [-0.25, -0.2) is 9.59 Å². The fraction of sp³-hybridized carbons (Fsp3) is 0.409. The van der Waals surface area contributed by atoms with Gasteiger partial charge in [0.25, 0.3) is 0 Å². The smallest absolute Gasteiger partial charge is 0.336 e. The number of ether oxygens (including phenoxy) is 4. The van der Waals surface area contributed by atoms with Gasteiger partial charge in [-0.05, 0) is 38.5 Å². The molecule has 1 N–H and O–H groups in total. The minimum atomic E-state index is -0.763. The molecule has 0 aliphatic carbocycles. The van der Waals surface area contributed by atoms with Crippen LogP contribution in [0.15, 0.2) is 46.8 Å². The normalized spacial score (nSPS) is 16.0. The number of hydrogen-bond donors (Lipinski definition) is 1. The summed E-state index contributed by atoms with van der Waals surface area (Å²) >= 11 is 0. The third kappa shape index (κ3) is 5.20. The number of methoxy groups -OCH3 is 1. The third-order valence-electron chi connectivity index (χ3n) is 4.50. The van der Waals surface area contributed by atoms with Crippen LogP contribution in [0, 0.1) is 0 Å². The van der Waals surface area contributed by atoms with Gasteiger partial charge in [-0.3, -0.25) is 4.79 Å². The van der Waals surface area contributed by atoms with Crippen LogP contribution in [-0.2, 0) is 28.6 Å². The van der Waals surface area contributed by atoms with Gasteiger partial charge in [-0.15, -0.1) is 0 Å². The Hall–Kier alpha value is -3.29. The van der Waals surface area contributed by atoms with E-state index in [1.54, 1.807) is 52.1 Å². The van der Waals surface area contributed by atoms with Crippen LogP contribution in [0.3, 0.4) is 0 Å². The number of hydrogen-bond acceptors (Lipinski definition) is 8. The number of rotatable bonds is 8. The van der Waals surface area contributed by atoms with Crippen molar-refractivity contribution in [2.75, 3.05) is 26.9 Å². The molecule has 1 aliphatic rings. The molecule has 0 bridgehead atoms. The average molecular weight is 417 g/mol. The van der Waals surface area contributed by atoms with Crippen LogP contribution in [0.25, 0.3) is 0 Å². The second kappa shape index (κ2) is 10.5. The average Bonchev–Trinajstić information content (AvgIpc) is 2.71. The van der Waals surface area contributed by atoms with Crippen LogP contribution in [-0.4, -0.2) is 44.8 Å². The van der Waals surface area contributed by atoms with Gasteiger partial charge in [-0.2, -0.15) is 0 Å². The van der Waals surface area contributed by atoms with Crippen LogP contribution in [0.2, 0.25) is 0 Å². The highest BCUT2D eigenvalue weighted by molar-refractivity contribution is 6.00. The molecule has 1 atom stereocenters. The van der Waals surface area contributed by atoms with Gasteiger partial charge in [0.1, 0.15) is 12.4 Å². The first kappa shape index (κ1) is 23.0. The van der Waals surface area contributed by atoms with Gasteiger partial charge in [0.2, 0.25) is 0 Å². The van der Waals surface area contributed by atoms with Crippen LogP contribution in [0.4, 0.5) is 0 Å². The molecule has 0 amide bonds. The summed E-state index contributed by atoms with van der Waals surface area (Å²) in [5, 5.41) is 3.03. The first-order valence-corrected chi connectivity index (χ1v) is 9.66. The van der Waals surface area contributed by atoms with E-state index in [2.05, 4.69) is 5.32 Å². The van der Waals surface area contributed by atoms with Crippen molar-refractivity contribution in [3.05, 3.63) is 52.4 Å². The molecule has 0 aromatic heterocycles. The van der Waals surface area contributed by atoms with E-state index in [1.807, 2.05) is 0 Å². The van der Waals surface area contributed by atoms with Crippen LogP contribution >= 0.6 is 0 Å². The minimum Gasteiger partial charge on any atom is -0.497 e. The van der Waals surface area contributed by atoms with Crippen molar-refractivity contribution < 1.29 is 33.3 Å². The number of benzene rings is 1. The summed E-state index contributed by atoms with van der Waals surface area (Å²) in [5.74, 6) is -1.78. The Kier molecular flexibility index (Phi) is 8.03. The molecule has 2 rings (SSSR count). The molecular weight excluding hydrogens is 390 g/mol. The maximum absolute atomic E-state index is 12.9. The zero-order valence-corrected chi connectivity index (χ0v) is 17.9. The van der Waals surface area contributed by atoms with E-state index in [1.165, 1.54) is 6.92 Å². The van der Waals surface area contributed by atoms with Crippen LogP contribution in [0.1, 0.15) is 39.2 Å². The lowest BCUT2D eigenvalue weighted by Crippen LogP contribution is -2.35. The number of carbonyl (C=O) groups is 3. The Morgan fingerprint density at radius 3 is 2.00 bits per heavy atom. The van der Waals surface area contributed by atoms with E-state index < -0.39 is 23.8 Å². The summed E-state index contributed by atoms with van der Waals surface area (Å²) < 4.78 is 20.8. The van der Waals surface area contributed by atoms with Crippen molar-refractivity contribution in [3.63, 3.8) is 0 Å². The van der Waals surface area contributed by atoms with E-state index in [9.17, 15) is 14.4 Å². The second-order valence-corrected chi connectivity index (χ2v) is 6.48. The molecule has 8 nitrogen and oxygen atoms in total. The lowest BCUT2D eigenvalue weighted by Gasteiger charge is -2.31. The summed E-state index contributed by atoms with van der Waals surface area (Å²) in [6.07, 6.45) is 0. The molecule has 0 fully saturated rings. The van der Waals surface area contributed by atoms with E-state index in [-0.39, 0.29) is 31.0 Å². The Morgan fingerprint density at radius 1 is 0.933 bits per heavy atom. The zero-order valence-electron chi connectivity index (χ0n) is 17.9. The largest absolute Gasteiger partial charge is 0.497 e. The molecular formula is C22H27NO7. The zero-order chi connectivity index (χ0) is 22.3. The predicted octanol–water partition coefficient (Wildman–Crippen LogP) is 2.60. The lowest BCUT2D eigenvalue weighted by atomic mass is 9.80. The fourth-order valence-corrected chi connectivity index (χ4v) is 3.24. The summed E-state index contributed by atoms with van der Waals surface area (Å²) in [7, 11) is 1.55. The molecule has 1 heterocycles. The number of allylic oxidation sites excluding steroid dienone is 1. The summed E-state index contributed by atoms with van der Waals surface area (Å²) in [6, 6.07) is 7.02. The van der Waals surface area contributed by atoms with Crippen molar-refractivity contribution in [1.29, 1.82) is 0 Å². The second-order valence-electron chi connectivity index (χ2n) is 6.48. The first-order valence-electron chi connectivity index (χ1n) is 9.66. The molecule has 1 aromatic carbocycles. The highest BCUT2D eigenvalue weighted by atomic mass is 16.5. The highest BCUT2D eigenvalue weighted by Crippen LogP contribution is 2.39. The van der Waals surface area contributed by atoms with Gasteiger partial charge in [0, 0.05) is 12.6 Å². The number of nitrogens with one attached hydrogen (secondary N) is 1. The number of dihydropyridines is 1. The summed E-state index contributed by atoms with van der Waals surface area (Å²) in [5.41, 5.74) is 2.01. The van der Waals surface area contributed by atoms with Crippen LogP contribution in [0.5, 0.6) is 5.75 Å². The van der Waals surface area contributed by atoms with Crippen LogP contribution < -0.4 is 10.1 Å². The van der Waals surface area contributed by atoms with Gasteiger partial charge in [-0.1, -0.05) is 12.1 Å². The lowest BCUT2D eigenvalue weighted by molar-refractivity contribution is -0.142. The van der Waals surface area contributed by atoms with Gasteiger partial charge in [0.05, 0.1) is 43.1 Å². The SMILES string of the molecule is CCOC(=O)C1=C(C)NC(COC(C)=O)=C(C(=O)OCC)C1c1ccc(OC)cc1.